The Morgan fingerprint density at radius 2 is 2.18 bits per heavy atom. The van der Waals surface area contributed by atoms with E-state index in [9.17, 15) is 14.0 Å². The van der Waals surface area contributed by atoms with Gasteiger partial charge in [0.15, 0.2) is 0 Å². The number of hydrogen-bond acceptors (Lipinski definition) is 4. The molecule has 7 heteroatoms. The number of rotatable bonds is 5. The molecule has 1 N–H and O–H groups in total. The average Bonchev–Trinajstić information content (AvgIpc) is 2.54. The van der Waals surface area contributed by atoms with Crippen molar-refractivity contribution >= 4 is 11.8 Å². The van der Waals surface area contributed by atoms with Crippen molar-refractivity contribution in [3.63, 3.8) is 0 Å². The van der Waals surface area contributed by atoms with Crippen LogP contribution < -0.4 is 5.32 Å². The highest BCUT2D eigenvalue weighted by Crippen LogP contribution is 2.26. The van der Waals surface area contributed by atoms with Gasteiger partial charge in [-0.3, -0.25) is 14.6 Å². The first-order valence-electron chi connectivity index (χ1n) is 7.18. The van der Waals surface area contributed by atoms with Crippen molar-refractivity contribution in [2.75, 3.05) is 26.8 Å². The van der Waals surface area contributed by atoms with Crippen molar-refractivity contribution in [2.24, 2.45) is 0 Å². The lowest BCUT2D eigenvalue weighted by atomic mass is 9.93. The number of piperidine rings is 1. The van der Waals surface area contributed by atoms with Gasteiger partial charge < -0.3 is 15.0 Å². The predicted molar refractivity (Wildman–Crippen MR) is 77.6 cm³/mol. The maximum atomic E-state index is 14.9. The summed E-state index contributed by atoms with van der Waals surface area (Å²) in [6.45, 7) is 0.358. The molecule has 22 heavy (non-hydrogen) atoms. The summed E-state index contributed by atoms with van der Waals surface area (Å²) in [6.07, 6.45) is 3.79. The minimum atomic E-state index is -2.05. The van der Waals surface area contributed by atoms with Crippen molar-refractivity contribution in [1.29, 1.82) is 0 Å². The van der Waals surface area contributed by atoms with Crippen molar-refractivity contribution < 1.29 is 18.7 Å². The Labute approximate surface area is 128 Å². The molecular formula is C15H20FN3O3. The second-order valence-corrected chi connectivity index (χ2v) is 5.36. The van der Waals surface area contributed by atoms with Crippen molar-refractivity contribution in [3.05, 3.63) is 30.1 Å². The van der Waals surface area contributed by atoms with E-state index in [2.05, 4.69) is 10.3 Å². The largest absolute Gasteiger partial charge is 0.375 e. The molecule has 0 bridgehead atoms. The molecule has 0 spiro atoms. The van der Waals surface area contributed by atoms with Gasteiger partial charge in [-0.15, -0.1) is 0 Å². The van der Waals surface area contributed by atoms with Crippen LogP contribution in [0.25, 0.3) is 0 Å². The maximum Gasteiger partial charge on any atom is 0.259 e. The summed E-state index contributed by atoms with van der Waals surface area (Å²) in [5.74, 6) is -0.981. The quantitative estimate of drug-likeness (QED) is 0.868. The molecule has 1 fully saturated rings. The van der Waals surface area contributed by atoms with Gasteiger partial charge >= 0.3 is 0 Å². The molecule has 1 aromatic rings. The lowest BCUT2D eigenvalue weighted by Crippen LogP contribution is -2.56. The highest BCUT2D eigenvalue weighted by atomic mass is 19.1. The molecule has 6 nitrogen and oxygen atoms in total. The zero-order valence-electron chi connectivity index (χ0n) is 12.5. The molecule has 1 unspecified atom stereocenters. The van der Waals surface area contributed by atoms with E-state index in [4.69, 9.17) is 4.74 Å². The third kappa shape index (κ3) is 4.00. The third-order valence-corrected chi connectivity index (χ3v) is 3.67. The van der Waals surface area contributed by atoms with Crippen LogP contribution in [0.3, 0.4) is 0 Å². The van der Waals surface area contributed by atoms with Crippen LogP contribution in [0.4, 0.5) is 4.39 Å². The molecule has 1 aliphatic heterocycles. The zero-order chi connectivity index (χ0) is 16.0. The molecule has 2 rings (SSSR count). The number of nitrogens with zero attached hydrogens (tertiary/aromatic N) is 2. The first kappa shape index (κ1) is 16.4. The van der Waals surface area contributed by atoms with Crippen molar-refractivity contribution in [3.8, 4) is 0 Å². The normalized spacial score (nSPS) is 21.5. The van der Waals surface area contributed by atoms with Crippen LogP contribution in [0.5, 0.6) is 0 Å². The van der Waals surface area contributed by atoms with Crippen molar-refractivity contribution in [1.82, 2.24) is 15.2 Å². The Kier molecular flexibility index (Phi) is 5.43. The van der Waals surface area contributed by atoms with Crippen LogP contribution >= 0.6 is 0 Å². The van der Waals surface area contributed by atoms with Gasteiger partial charge in [-0.2, -0.15) is 0 Å². The standard InChI is InChI=1S/C15H20FN3O3/c1-22-10-13(20)19-8-2-5-15(16,11-19)14(21)18-9-12-3-6-17-7-4-12/h3-4,6-7H,2,5,8-11H2,1H3,(H,18,21). The lowest BCUT2D eigenvalue weighted by molar-refractivity contribution is -0.145. The highest BCUT2D eigenvalue weighted by molar-refractivity contribution is 5.87. The first-order valence-corrected chi connectivity index (χ1v) is 7.18. The number of nitrogens with one attached hydrogen (secondary N) is 1. The number of halogens is 1. The minimum absolute atomic E-state index is 0.102. The summed E-state index contributed by atoms with van der Waals surface area (Å²) >= 11 is 0. The summed E-state index contributed by atoms with van der Waals surface area (Å²) in [5.41, 5.74) is -1.20. The Balaban J connectivity index is 1.93. The second-order valence-electron chi connectivity index (χ2n) is 5.36. The number of carbonyl (C=O) groups is 2. The highest BCUT2D eigenvalue weighted by Gasteiger charge is 2.43. The van der Waals surface area contributed by atoms with E-state index >= 15 is 0 Å². The van der Waals surface area contributed by atoms with Gasteiger partial charge in [0.05, 0.1) is 6.54 Å². The topological polar surface area (TPSA) is 71.5 Å². The fourth-order valence-corrected chi connectivity index (χ4v) is 2.47. The van der Waals surface area contributed by atoms with Gasteiger partial charge in [0.2, 0.25) is 11.6 Å². The summed E-state index contributed by atoms with van der Waals surface area (Å²) in [5, 5.41) is 2.59. The lowest BCUT2D eigenvalue weighted by Gasteiger charge is -2.36. The molecule has 1 atom stereocenters. The van der Waals surface area contributed by atoms with Gasteiger partial charge in [0.25, 0.3) is 5.91 Å². The van der Waals surface area contributed by atoms with Gasteiger partial charge in [-0.05, 0) is 30.5 Å². The number of aromatic nitrogens is 1. The molecule has 1 aromatic heterocycles. The molecule has 2 heterocycles. The van der Waals surface area contributed by atoms with Crippen LogP contribution in [0.15, 0.2) is 24.5 Å². The van der Waals surface area contributed by atoms with Gasteiger partial charge in [-0.1, -0.05) is 0 Å². The Morgan fingerprint density at radius 1 is 1.45 bits per heavy atom. The number of carbonyl (C=O) groups excluding carboxylic acids is 2. The number of pyridine rings is 1. The number of ether oxygens (including phenoxy) is 1. The summed E-state index contributed by atoms with van der Waals surface area (Å²) in [7, 11) is 1.41. The zero-order valence-corrected chi connectivity index (χ0v) is 12.5. The van der Waals surface area contributed by atoms with Crippen LogP contribution in [0, 0.1) is 0 Å². The van der Waals surface area contributed by atoms with Crippen LogP contribution in [0.1, 0.15) is 18.4 Å². The van der Waals surface area contributed by atoms with E-state index in [0.717, 1.165) is 5.56 Å². The first-order chi connectivity index (χ1) is 10.5. The van der Waals surface area contributed by atoms with Crippen molar-refractivity contribution in [2.45, 2.75) is 25.1 Å². The summed E-state index contributed by atoms with van der Waals surface area (Å²) in [4.78, 5) is 29.2. The number of hydrogen-bond donors (Lipinski definition) is 1. The van der Waals surface area contributed by atoms with Gasteiger partial charge in [0, 0.05) is 32.6 Å². The smallest absolute Gasteiger partial charge is 0.259 e. The molecule has 0 saturated carbocycles. The summed E-state index contributed by atoms with van der Waals surface area (Å²) in [6, 6.07) is 3.50. The fourth-order valence-electron chi connectivity index (χ4n) is 2.47. The van der Waals surface area contributed by atoms with E-state index in [0.29, 0.717) is 13.0 Å². The van der Waals surface area contributed by atoms with E-state index in [-0.39, 0.29) is 32.0 Å². The average molecular weight is 309 g/mol. The SMILES string of the molecule is COCC(=O)N1CCCC(F)(C(=O)NCc2ccncc2)C1. The molecule has 0 radical (unpaired) electrons. The van der Waals surface area contributed by atoms with Crippen LogP contribution in [-0.2, 0) is 20.9 Å². The molecule has 2 amide bonds. The van der Waals surface area contributed by atoms with Crippen LogP contribution in [0.2, 0.25) is 0 Å². The Hall–Kier alpha value is -2.02. The third-order valence-electron chi connectivity index (χ3n) is 3.67. The van der Waals surface area contributed by atoms with E-state index in [1.165, 1.54) is 12.0 Å². The van der Waals surface area contributed by atoms with E-state index < -0.39 is 11.6 Å². The molecule has 1 saturated heterocycles. The number of methoxy groups -OCH3 is 1. The Morgan fingerprint density at radius 3 is 2.86 bits per heavy atom. The van der Waals surface area contributed by atoms with Gasteiger partial charge in [-0.25, -0.2) is 4.39 Å². The molecule has 0 aliphatic carbocycles. The number of likely N-dealkylation sites (tertiary alicyclic amines) is 1. The van der Waals surface area contributed by atoms with E-state index in [1.54, 1.807) is 24.5 Å². The van der Waals surface area contributed by atoms with Gasteiger partial charge in [0.1, 0.15) is 6.61 Å². The monoisotopic (exact) mass is 309 g/mol. The van der Waals surface area contributed by atoms with E-state index in [1.807, 2.05) is 0 Å². The minimum Gasteiger partial charge on any atom is -0.375 e. The fraction of sp³-hybridized carbons (Fsp3) is 0.533. The number of amides is 2. The predicted octanol–water partition coefficient (Wildman–Crippen LogP) is 0.675. The maximum absolute atomic E-state index is 14.9. The molecule has 1 aliphatic rings. The summed E-state index contributed by atoms with van der Waals surface area (Å²) < 4.78 is 19.6. The Bertz CT molecular complexity index is 526. The molecular weight excluding hydrogens is 289 g/mol. The number of alkyl halides is 1. The van der Waals surface area contributed by atoms with Crippen LogP contribution in [-0.4, -0.2) is 54.2 Å². The second kappa shape index (κ2) is 7.31. The molecule has 0 aromatic carbocycles. The molecule has 120 valence electrons.